The molecule has 1 aromatic carbocycles. The first kappa shape index (κ1) is 11.3. The number of carbonyl (C=O) groups is 1. The van der Waals surface area contributed by atoms with Gasteiger partial charge in [0.05, 0.1) is 0 Å². The predicted octanol–water partition coefficient (Wildman–Crippen LogP) is 3.28. The minimum atomic E-state index is -1.61. The van der Waals surface area contributed by atoms with Gasteiger partial charge in [-0.15, -0.1) is 0 Å². The fourth-order valence-electron chi connectivity index (χ4n) is 1.04. The Balaban J connectivity index is 2.89. The lowest BCUT2D eigenvalue weighted by molar-refractivity contribution is 0.108. The molecule has 0 saturated heterocycles. The Morgan fingerprint density at radius 2 is 2.00 bits per heavy atom. The van der Waals surface area contributed by atoms with Crippen LogP contribution >= 0.6 is 11.6 Å². The third-order valence-corrected chi connectivity index (χ3v) is 2.55. The molecule has 1 rings (SSSR count). The average molecular weight is 229 g/mol. The van der Waals surface area contributed by atoms with Gasteiger partial charge in [-0.05, 0) is 49.4 Å². The van der Waals surface area contributed by atoms with Gasteiger partial charge in [0.1, 0.15) is 5.75 Å². The van der Waals surface area contributed by atoms with E-state index in [1.165, 1.54) is 0 Å². The van der Waals surface area contributed by atoms with Crippen molar-refractivity contribution in [2.45, 2.75) is 19.6 Å². The van der Waals surface area contributed by atoms with Crippen molar-refractivity contribution >= 4 is 25.2 Å². The number of carbonyl (C=O) groups excluding carboxylic acids is 1. The maximum Gasteiger partial charge on any atom is 0.252 e. The summed E-state index contributed by atoms with van der Waals surface area (Å²) in [4.78, 5) is 10.9. The lowest BCUT2D eigenvalue weighted by atomic mass is 10.2. The Labute approximate surface area is 90.0 Å². The zero-order valence-corrected chi connectivity index (χ0v) is 10.3. The van der Waals surface area contributed by atoms with Gasteiger partial charge in [0, 0.05) is 5.56 Å². The van der Waals surface area contributed by atoms with Crippen LogP contribution in [0.15, 0.2) is 24.3 Å². The van der Waals surface area contributed by atoms with Crippen molar-refractivity contribution in [1.29, 1.82) is 0 Å². The third kappa shape index (κ3) is 3.52. The van der Waals surface area contributed by atoms with Gasteiger partial charge < -0.3 is 4.43 Å². The smallest absolute Gasteiger partial charge is 0.252 e. The Hall–Kier alpha value is -0.803. The lowest BCUT2D eigenvalue weighted by Crippen LogP contribution is -2.29. The van der Waals surface area contributed by atoms with Crippen molar-refractivity contribution in [3.8, 4) is 5.75 Å². The standard InChI is InChI=1S/C10H13ClO2Si/c1-14(2,3)13-9-6-4-5-8(7-9)10(11)12/h4-7H,1-3H3. The molecule has 0 spiro atoms. The fourth-order valence-corrected chi connectivity index (χ4v) is 1.99. The van der Waals surface area contributed by atoms with Crippen LogP contribution in [0.5, 0.6) is 5.75 Å². The summed E-state index contributed by atoms with van der Waals surface area (Å²) < 4.78 is 5.72. The summed E-state index contributed by atoms with van der Waals surface area (Å²) in [5.41, 5.74) is 0.474. The van der Waals surface area contributed by atoms with Crippen LogP contribution < -0.4 is 4.43 Å². The van der Waals surface area contributed by atoms with E-state index in [4.69, 9.17) is 16.0 Å². The molecule has 76 valence electrons. The van der Waals surface area contributed by atoms with Crippen LogP contribution in [0.2, 0.25) is 19.6 Å². The van der Waals surface area contributed by atoms with Crippen LogP contribution in [-0.4, -0.2) is 13.6 Å². The molecule has 2 nitrogen and oxygen atoms in total. The Kier molecular flexibility index (Phi) is 3.34. The molecule has 0 aliphatic rings. The average Bonchev–Trinajstić information content (AvgIpc) is 2.01. The highest BCUT2D eigenvalue weighted by Crippen LogP contribution is 2.18. The van der Waals surface area contributed by atoms with E-state index in [9.17, 15) is 4.79 Å². The first-order valence-electron chi connectivity index (χ1n) is 4.37. The Morgan fingerprint density at radius 1 is 1.36 bits per heavy atom. The van der Waals surface area contributed by atoms with Crippen molar-refractivity contribution in [1.82, 2.24) is 0 Å². The summed E-state index contributed by atoms with van der Waals surface area (Å²) >= 11 is 5.36. The Bertz CT molecular complexity index is 344. The monoisotopic (exact) mass is 228 g/mol. The second kappa shape index (κ2) is 4.15. The predicted molar refractivity (Wildman–Crippen MR) is 60.6 cm³/mol. The minimum absolute atomic E-state index is 0.453. The maximum atomic E-state index is 10.9. The largest absolute Gasteiger partial charge is 0.544 e. The van der Waals surface area contributed by atoms with Gasteiger partial charge in [-0.2, -0.15) is 0 Å². The molecule has 0 N–H and O–H groups in total. The van der Waals surface area contributed by atoms with E-state index >= 15 is 0 Å². The van der Waals surface area contributed by atoms with E-state index in [0.29, 0.717) is 5.56 Å². The molecule has 1 aromatic rings. The molecule has 0 radical (unpaired) electrons. The van der Waals surface area contributed by atoms with Crippen LogP contribution in [0.3, 0.4) is 0 Å². The van der Waals surface area contributed by atoms with Crippen molar-refractivity contribution < 1.29 is 9.22 Å². The second-order valence-corrected chi connectivity index (χ2v) is 8.79. The van der Waals surface area contributed by atoms with Crippen molar-refractivity contribution in [2.24, 2.45) is 0 Å². The number of hydrogen-bond acceptors (Lipinski definition) is 2. The highest BCUT2D eigenvalue weighted by Gasteiger charge is 2.16. The second-order valence-electron chi connectivity index (χ2n) is 4.02. The summed E-state index contributed by atoms with van der Waals surface area (Å²) in [6.45, 7) is 6.26. The van der Waals surface area contributed by atoms with Gasteiger partial charge >= 0.3 is 0 Å². The van der Waals surface area contributed by atoms with E-state index in [-0.39, 0.29) is 0 Å². The van der Waals surface area contributed by atoms with Crippen molar-refractivity contribution in [3.05, 3.63) is 29.8 Å². The van der Waals surface area contributed by atoms with Crippen molar-refractivity contribution in [3.63, 3.8) is 0 Å². The van der Waals surface area contributed by atoms with Crippen LogP contribution in [0.25, 0.3) is 0 Å². The molecule has 0 saturated carbocycles. The van der Waals surface area contributed by atoms with Crippen molar-refractivity contribution in [2.75, 3.05) is 0 Å². The van der Waals surface area contributed by atoms with Crippen LogP contribution in [-0.2, 0) is 0 Å². The highest BCUT2D eigenvalue weighted by molar-refractivity contribution is 6.70. The quantitative estimate of drug-likeness (QED) is 0.586. The molecule has 0 atom stereocenters. The van der Waals surface area contributed by atoms with E-state index in [1.54, 1.807) is 18.2 Å². The summed E-state index contributed by atoms with van der Waals surface area (Å²) in [5, 5.41) is -0.453. The van der Waals surface area contributed by atoms with Gasteiger partial charge in [0.25, 0.3) is 5.24 Å². The molecular formula is C10H13ClO2Si. The molecule has 0 unspecified atom stereocenters. The SMILES string of the molecule is C[Si](C)(C)Oc1cccc(C(=O)Cl)c1. The first-order valence-corrected chi connectivity index (χ1v) is 8.16. The summed E-state index contributed by atoms with van der Waals surface area (Å²) in [5.74, 6) is 0.718. The number of rotatable bonds is 3. The fraction of sp³-hybridized carbons (Fsp3) is 0.300. The van der Waals surface area contributed by atoms with Crippen LogP contribution in [0.1, 0.15) is 10.4 Å². The molecule has 0 aliphatic carbocycles. The highest BCUT2D eigenvalue weighted by atomic mass is 35.5. The maximum absolute atomic E-state index is 10.9. The minimum Gasteiger partial charge on any atom is -0.544 e. The molecule has 0 amide bonds. The van der Waals surface area contributed by atoms with E-state index in [0.717, 1.165) is 5.75 Å². The van der Waals surface area contributed by atoms with Crippen LogP contribution in [0.4, 0.5) is 0 Å². The van der Waals surface area contributed by atoms with E-state index < -0.39 is 13.6 Å². The molecule has 14 heavy (non-hydrogen) atoms. The molecule has 0 aliphatic heterocycles. The molecular weight excluding hydrogens is 216 g/mol. The number of hydrogen-bond donors (Lipinski definition) is 0. The third-order valence-electron chi connectivity index (χ3n) is 1.49. The first-order chi connectivity index (χ1) is 6.38. The van der Waals surface area contributed by atoms with Gasteiger partial charge in [0.2, 0.25) is 8.32 Å². The van der Waals surface area contributed by atoms with E-state index in [2.05, 4.69) is 19.6 Å². The molecule has 4 heteroatoms. The van der Waals surface area contributed by atoms with Gasteiger partial charge in [0.15, 0.2) is 0 Å². The van der Waals surface area contributed by atoms with E-state index in [1.807, 2.05) is 6.07 Å². The molecule has 0 aromatic heterocycles. The molecule has 0 heterocycles. The summed E-state index contributed by atoms with van der Waals surface area (Å²) in [6, 6.07) is 6.95. The van der Waals surface area contributed by atoms with Crippen LogP contribution in [0, 0.1) is 0 Å². The summed E-state index contributed by atoms with van der Waals surface area (Å²) in [7, 11) is -1.61. The number of benzene rings is 1. The molecule has 0 bridgehead atoms. The Morgan fingerprint density at radius 3 is 2.50 bits per heavy atom. The zero-order chi connectivity index (χ0) is 10.8. The van der Waals surface area contributed by atoms with Gasteiger partial charge in [-0.25, -0.2) is 0 Å². The zero-order valence-electron chi connectivity index (χ0n) is 8.50. The van der Waals surface area contributed by atoms with Gasteiger partial charge in [-0.3, -0.25) is 4.79 Å². The topological polar surface area (TPSA) is 26.3 Å². The number of halogens is 1. The molecule has 0 fully saturated rings. The summed E-state index contributed by atoms with van der Waals surface area (Å²) in [6.07, 6.45) is 0. The normalized spacial score (nSPS) is 11.1. The lowest BCUT2D eigenvalue weighted by Gasteiger charge is -2.19. The van der Waals surface area contributed by atoms with Gasteiger partial charge in [-0.1, -0.05) is 6.07 Å².